The molecule has 0 radical (unpaired) electrons. The smallest absolute Gasteiger partial charge is 0.407 e. The first-order valence-corrected chi connectivity index (χ1v) is 16.4. The van der Waals surface area contributed by atoms with Crippen molar-refractivity contribution in [1.29, 1.82) is 0 Å². The molecular formula is C33H45N5O6S. The Morgan fingerprint density at radius 1 is 1.11 bits per heavy atom. The summed E-state index contributed by atoms with van der Waals surface area (Å²) in [5, 5.41) is 18.0. The number of aliphatic hydroxyl groups excluding tert-OH is 1. The molecule has 3 N–H and O–H groups in total. The summed E-state index contributed by atoms with van der Waals surface area (Å²) in [6.45, 7) is 7.21. The number of benzene rings is 2. The molecule has 2 aliphatic rings. The quantitative estimate of drug-likeness (QED) is 0.242. The summed E-state index contributed by atoms with van der Waals surface area (Å²) in [4.78, 5) is 33.9. The fraction of sp³-hybridized carbons (Fsp3) is 0.545. The van der Waals surface area contributed by atoms with Gasteiger partial charge in [-0.25, -0.2) is 9.78 Å². The molecule has 5 atom stereocenters. The van der Waals surface area contributed by atoms with Crippen LogP contribution >= 0.6 is 11.3 Å². The van der Waals surface area contributed by atoms with E-state index in [9.17, 15) is 14.7 Å². The highest BCUT2D eigenvalue weighted by molar-refractivity contribution is 7.22. The number of anilines is 1. The number of fused-ring (bicyclic) bond motifs is 2. The zero-order chi connectivity index (χ0) is 31.9. The van der Waals surface area contributed by atoms with E-state index in [4.69, 9.17) is 14.2 Å². The summed E-state index contributed by atoms with van der Waals surface area (Å²) >= 11 is 1.45. The van der Waals surface area contributed by atoms with E-state index in [1.807, 2.05) is 61.5 Å². The van der Waals surface area contributed by atoms with E-state index < -0.39 is 18.2 Å². The third-order valence-corrected chi connectivity index (χ3v) is 8.88. The summed E-state index contributed by atoms with van der Waals surface area (Å²) in [6, 6.07) is 15.4. The molecule has 11 nitrogen and oxygen atoms in total. The van der Waals surface area contributed by atoms with Gasteiger partial charge in [0.25, 0.3) is 0 Å². The monoisotopic (exact) mass is 639 g/mol. The molecule has 0 bridgehead atoms. The van der Waals surface area contributed by atoms with Gasteiger partial charge in [0.15, 0.2) is 11.4 Å². The van der Waals surface area contributed by atoms with Gasteiger partial charge in [-0.3, -0.25) is 9.69 Å². The summed E-state index contributed by atoms with van der Waals surface area (Å²) < 4.78 is 18.0. The minimum Gasteiger partial charge on any atom is -0.443 e. The lowest BCUT2D eigenvalue weighted by Gasteiger charge is -2.31. The molecule has 2 aliphatic heterocycles. The first-order chi connectivity index (χ1) is 21.6. The molecule has 3 heterocycles. The summed E-state index contributed by atoms with van der Waals surface area (Å²) in [6.07, 6.45) is -0.843. The fourth-order valence-corrected chi connectivity index (χ4v) is 6.90. The maximum absolute atomic E-state index is 13.1. The van der Waals surface area contributed by atoms with Crippen LogP contribution in [0.2, 0.25) is 0 Å². The molecule has 2 amide bonds. The first-order valence-electron chi connectivity index (χ1n) is 15.6. The van der Waals surface area contributed by atoms with Crippen molar-refractivity contribution in [1.82, 2.24) is 20.1 Å². The van der Waals surface area contributed by atoms with Crippen LogP contribution in [0.3, 0.4) is 0 Å². The lowest BCUT2D eigenvalue weighted by Crippen LogP contribution is -2.50. The average molecular weight is 640 g/mol. The number of aliphatic hydroxyl groups is 1. The van der Waals surface area contributed by atoms with Crippen molar-refractivity contribution in [2.24, 2.45) is 11.8 Å². The minimum atomic E-state index is -0.857. The van der Waals surface area contributed by atoms with Crippen molar-refractivity contribution >= 4 is 38.7 Å². The fourth-order valence-electron chi connectivity index (χ4n) is 5.96. The molecule has 45 heavy (non-hydrogen) atoms. The summed E-state index contributed by atoms with van der Waals surface area (Å²) in [5.74, 6) is 0.292. The van der Waals surface area contributed by atoms with Crippen molar-refractivity contribution in [3.8, 4) is 0 Å². The number of carbonyl (C=O) groups is 2. The molecule has 5 unspecified atom stereocenters. The zero-order valence-electron chi connectivity index (χ0n) is 26.5. The second kappa shape index (κ2) is 15.4. The third kappa shape index (κ3) is 9.44. The van der Waals surface area contributed by atoms with Gasteiger partial charge in [-0.05, 0) is 56.1 Å². The number of nitrogens with zero attached hydrogens (tertiary/aromatic N) is 3. The Morgan fingerprint density at radius 3 is 2.67 bits per heavy atom. The number of thiazole rings is 1. The molecular weight excluding hydrogens is 594 g/mol. The second-order valence-electron chi connectivity index (χ2n) is 12.7. The number of alkyl carbamates (subject to hydrolysis) is 1. The number of amides is 2. The van der Waals surface area contributed by atoms with E-state index in [2.05, 4.69) is 40.4 Å². The van der Waals surface area contributed by atoms with Crippen LogP contribution in [0.1, 0.15) is 31.4 Å². The van der Waals surface area contributed by atoms with Gasteiger partial charge in [-0.1, -0.05) is 61.6 Å². The second-order valence-corrected chi connectivity index (χ2v) is 13.7. The number of carbonyl (C=O) groups excluding carboxylic acids is 2. The van der Waals surface area contributed by atoms with Crippen molar-refractivity contribution < 1.29 is 28.9 Å². The molecule has 2 fully saturated rings. The van der Waals surface area contributed by atoms with Crippen LogP contribution in [-0.4, -0.2) is 103 Å². The molecule has 3 aromatic rings. The van der Waals surface area contributed by atoms with Gasteiger partial charge in [0, 0.05) is 19.6 Å². The lowest BCUT2D eigenvalue weighted by molar-refractivity contribution is -0.116. The number of aromatic nitrogens is 1. The SMILES string of the molecule is CC(C)CN(Cc1ccc2nc(NC(=O)CN(C)C)sc2c1)CC(O)C(Cc1ccccc1)NC(=O)OC1COC2OCCC12. The molecule has 12 heteroatoms. The van der Waals surface area contributed by atoms with Crippen LogP contribution < -0.4 is 10.6 Å². The molecule has 0 saturated carbocycles. The predicted molar refractivity (Wildman–Crippen MR) is 174 cm³/mol. The van der Waals surface area contributed by atoms with E-state index >= 15 is 0 Å². The number of rotatable bonds is 14. The molecule has 0 aliphatic carbocycles. The minimum absolute atomic E-state index is 0.0380. The van der Waals surface area contributed by atoms with E-state index in [0.717, 1.165) is 34.3 Å². The lowest BCUT2D eigenvalue weighted by atomic mass is 10.00. The largest absolute Gasteiger partial charge is 0.443 e. The molecule has 1 aromatic heterocycles. The van der Waals surface area contributed by atoms with Crippen LogP contribution in [0.25, 0.3) is 10.2 Å². The van der Waals surface area contributed by atoms with E-state index in [-0.39, 0.29) is 30.8 Å². The van der Waals surface area contributed by atoms with Crippen molar-refractivity contribution in [3.05, 3.63) is 59.7 Å². The summed E-state index contributed by atoms with van der Waals surface area (Å²) in [5.41, 5.74) is 2.91. The number of likely N-dealkylation sites (N-methyl/N-ethyl adjacent to an activating group) is 1. The third-order valence-electron chi connectivity index (χ3n) is 7.94. The number of nitrogens with one attached hydrogen (secondary N) is 2. The van der Waals surface area contributed by atoms with Crippen molar-refractivity contribution in [3.63, 3.8) is 0 Å². The van der Waals surface area contributed by atoms with Gasteiger partial charge in [-0.15, -0.1) is 0 Å². The zero-order valence-corrected chi connectivity index (χ0v) is 27.3. The Balaban J connectivity index is 1.26. The van der Waals surface area contributed by atoms with Crippen LogP contribution in [0.5, 0.6) is 0 Å². The topological polar surface area (TPSA) is 125 Å². The Labute approximate surface area is 268 Å². The standard InChI is InChI=1S/C33H45N5O6S/c1-21(2)16-38(17-23-10-11-25-29(15-23)45-32(34-25)36-30(40)19-37(3)4)18-27(39)26(14-22-8-6-5-7-9-22)35-33(41)44-28-20-43-31-24(28)12-13-42-31/h5-11,15,21,24,26-28,31,39H,12-14,16-20H2,1-4H3,(H,35,41)(H,34,36,40). The van der Waals surface area contributed by atoms with Gasteiger partial charge < -0.3 is 34.9 Å². The van der Waals surface area contributed by atoms with Gasteiger partial charge >= 0.3 is 6.09 Å². The van der Waals surface area contributed by atoms with Crippen molar-refractivity contribution in [2.75, 3.05) is 52.3 Å². The Kier molecular flexibility index (Phi) is 11.4. The number of hydrogen-bond donors (Lipinski definition) is 3. The maximum Gasteiger partial charge on any atom is 0.407 e. The molecule has 2 saturated heterocycles. The first kappa shape index (κ1) is 33.2. The van der Waals surface area contributed by atoms with Crippen LogP contribution in [0, 0.1) is 11.8 Å². The van der Waals surface area contributed by atoms with Crippen LogP contribution in [0.15, 0.2) is 48.5 Å². The number of ether oxygens (including phenoxy) is 3. The number of hydrogen-bond acceptors (Lipinski definition) is 10. The van der Waals surface area contributed by atoms with Gasteiger partial charge in [0.2, 0.25) is 5.91 Å². The molecule has 244 valence electrons. The normalized spacial score (nSPS) is 20.9. The molecule has 0 spiro atoms. The predicted octanol–water partition coefficient (Wildman–Crippen LogP) is 3.71. The average Bonchev–Trinajstić information content (AvgIpc) is 3.69. The van der Waals surface area contributed by atoms with E-state index in [1.54, 1.807) is 0 Å². The van der Waals surface area contributed by atoms with Crippen LogP contribution in [0.4, 0.5) is 9.93 Å². The Morgan fingerprint density at radius 2 is 1.91 bits per heavy atom. The van der Waals surface area contributed by atoms with Crippen molar-refractivity contribution in [2.45, 2.75) is 57.8 Å². The van der Waals surface area contributed by atoms with Gasteiger partial charge in [0.1, 0.15) is 6.10 Å². The van der Waals surface area contributed by atoms with E-state index in [1.165, 1.54) is 11.3 Å². The van der Waals surface area contributed by atoms with E-state index in [0.29, 0.717) is 43.8 Å². The van der Waals surface area contributed by atoms with Crippen LogP contribution in [-0.2, 0) is 32.0 Å². The highest BCUT2D eigenvalue weighted by atomic mass is 32.1. The van der Waals surface area contributed by atoms with Gasteiger partial charge in [-0.2, -0.15) is 0 Å². The highest BCUT2D eigenvalue weighted by Crippen LogP contribution is 2.33. The molecule has 5 rings (SSSR count). The van der Waals surface area contributed by atoms with Gasteiger partial charge in [0.05, 0.1) is 48.0 Å². The Hall–Kier alpha value is -3.13. The highest BCUT2D eigenvalue weighted by Gasteiger charge is 2.44. The molecule has 2 aromatic carbocycles. The Bertz CT molecular complexity index is 1420. The maximum atomic E-state index is 13.1. The summed E-state index contributed by atoms with van der Waals surface area (Å²) in [7, 11) is 3.70.